The zero-order valence-electron chi connectivity index (χ0n) is 11.4. The van der Waals surface area contributed by atoms with E-state index in [9.17, 15) is 10.1 Å². The molecule has 0 unspecified atom stereocenters. The normalized spacial score (nSPS) is 24.7. The Morgan fingerprint density at radius 2 is 1.95 bits per heavy atom. The molecule has 20 heavy (non-hydrogen) atoms. The quantitative estimate of drug-likeness (QED) is 0.898. The first kappa shape index (κ1) is 12.7. The van der Waals surface area contributed by atoms with Crippen molar-refractivity contribution in [2.24, 2.45) is 11.3 Å². The van der Waals surface area contributed by atoms with Crippen molar-refractivity contribution in [3.8, 4) is 6.07 Å². The minimum atomic E-state index is -0.828. The Kier molecular flexibility index (Phi) is 2.94. The molecule has 1 N–H and O–H groups in total. The molecule has 2 aromatic carbocycles. The van der Waals surface area contributed by atoms with Crippen molar-refractivity contribution in [3.63, 3.8) is 0 Å². The standard InChI is InChI=1S/C17H16N2O/c1-12-9-17(10-12,11-18)16(20)19-15-7-6-13-4-2-3-5-14(13)8-15/h2-8,12H,9-10H2,1H3,(H,19,20). The van der Waals surface area contributed by atoms with Gasteiger partial charge in [0.25, 0.3) is 0 Å². The second-order valence-electron chi connectivity index (χ2n) is 5.72. The molecule has 0 heterocycles. The van der Waals surface area contributed by atoms with Crippen LogP contribution in [0.3, 0.4) is 0 Å². The van der Waals surface area contributed by atoms with Crippen molar-refractivity contribution in [1.82, 2.24) is 0 Å². The van der Waals surface area contributed by atoms with Gasteiger partial charge in [-0.3, -0.25) is 4.79 Å². The van der Waals surface area contributed by atoms with E-state index in [2.05, 4.69) is 18.3 Å². The van der Waals surface area contributed by atoms with Gasteiger partial charge >= 0.3 is 0 Å². The lowest BCUT2D eigenvalue weighted by Crippen LogP contribution is -2.45. The smallest absolute Gasteiger partial charge is 0.244 e. The molecule has 0 spiro atoms. The van der Waals surface area contributed by atoms with Gasteiger partial charge in [0.2, 0.25) is 5.91 Å². The average Bonchev–Trinajstić information content (AvgIpc) is 2.43. The summed E-state index contributed by atoms with van der Waals surface area (Å²) in [6, 6.07) is 16.0. The van der Waals surface area contributed by atoms with Crippen LogP contribution in [0.2, 0.25) is 0 Å². The molecule has 1 amide bonds. The van der Waals surface area contributed by atoms with Gasteiger partial charge in [-0.25, -0.2) is 0 Å². The number of fused-ring (bicyclic) bond motifs is 1. The molecule has 0 aliphatic heterocycles. The molecule has 0 bridgehead atoms. The fourth-order valence-electron chi connectivity index (χ4n) is 2.98. The molecule has 0 radical (unpaired) electrons. The van der Waals surface area contributed by atoms with E-state index in [1.807, 2.05) is 42.5 Å². The molecule has 1 aliphatic rings. The van der Waals surface area contributed by atoms with Crippen LogP contribution in [-0.2, 0) is 4.79 Å². The van der Waals surface area contributed by atoms with Crippen LogP contribution in [0.15, 0.2) is 42.5 Å². The molecular formula is C17H16N2O. The van der Waals surface area contributed by atoms with E-state index >= 15 is 0 Å². The topological polar surface area (TPSA) is 52.9 Å². The fourth-order valence-corrected chi connectivity index (χ4v) is 2.98. The van der Waals surface area contributed by atoms with Gasteiger partial charge in [0.05, 0.1) is 6.07 Å². The van der Waals surface area contributed by atoms with Gasteiger partial charge in [0.1, 0.15) is 5.41 Å². The van der Waals surface area contributed by atoms with E-state index in [-0.39, 0.29) is 5.91 Å². The van der Waals surface area contributed by atoms with E-state index in [0.29, 0.717) is 18.8 Å². The van der Waals surface area contributed by atoms with Gasteiger partial charge in [-0.15, -0.1) is 0 Å². The first-order valence-corrected chi connectivity index (χ1v) is 6.84. The van der Waals surface area contributed by atoms with Crippen molar-refractivity contribution in [3.05, 3.63) is 42.5 Å². The van der Waals surface area contributed by atoms with E-state index in [1.165, 1.54) is 0 Å². The molecule has 3 nitrogen and oxygen atoms in total. The molecule has 1 aliphatic carbocycles. The van der Waals surface area contributed by atoms with Crippen molar-refractivity contribution in [1.29, 1.82) is 5.26 Å². The van der Waals surface area contributed by atoms with E-state index in [4.69, 9.17) is 0 Å². The summed E-state index contributed by atoms with van der Waals surface area (Å²) in [4.78, 5) is 12.3. The third kappa shape index (κ3) is 2.04. The summed E-state index contributed by atoms with van der Waals surface area (Å²) >= 11 is 0. The Balaban J connectivity index is 1.83. The lowest BCUT2D eigenvalue weighted by molar-refractivity contribution is -0.128. The zero-order chi connectivity index (χ0) is 14.2. The van der Waals surface area contributed by atoms with Crippen LogP contribution in [0.25, 0.3) is 10.8 Å². The maximum absolute atomic E-state index is 12.3. The van der Waals surface area contributed by atoms with E-state index < -0.39 is 5.41 Å². The summed E-state index contributed by atoms with van der Waals surface area (Å²) < 4.78 is 0. The third-order valence-corrected chi connectivity index (χ3v) is 4.05. The van der Waals surface area contributed by atoms with Crippen molar-refractivity contribution < 1.29 is 4.79 Å². The number of rotatable bonds is 2. The summed E-state index contributed by atoms with van der Waals surface area (Å²) in [6.45, 7) is 2.07. The predicted molar refractivity (Wildman–Crippen MR) is 79.0 cm³/mol. The summed E-state index contributed by atoms with van der Waals surface area (Å²) in [7, 11) is 0. The largest absolute Gasteiger partial charge is 0.325 e. The minimum Gasteiger partial charge on any atom is -0.325 e. The number of nitrogens with one attached hydrogen (secondary N) is 1. The van der Waals surface area contributed by atoms with Crippen LogP contribution in [0.1, 0.15) is 19.8 Å². The summed E-state index contributed by atoms with van der Waals surface area (Å²) in [5, 5.41) is 14.4. The number of benzene rings is 2. The van der Waals surface area contributed by atoms with Crippen LogP contribution in [0.5, 0.6) is 0 Å². The Morgan fingerprint density at radius 1 is 1.25 bits per heavy atom. The van der Waals surface area contributed by atoms with Crippen LogP contribution < -0.4 is 5.32 Å². The van der Waals surface area contributed by atoms with Gasteiger partial charge in [-0.2, -0.15) is 5.26 Å². The molecule has 0 aromatic heterocycles. The van der Waals surface area contributed by atoms with Crippen LogP contribution in [-0.4, -0.2) is 5.91 Å². The van der Waals surface area contributed by atoms with Gasteiger partial charge in [0.15, 0.2) is 0 Å². The highest BCUT2D eigenvalue weighted by atomic mass is 16.2. The van der Waals surface area contributed by atoms with Gasteiger partial charge < -0.3 is 5.32 Å². The number of nitrogens with zero attached hydrogens (tertiary/aromatic N) is 1. The van der Waals surface area contributed by atoms with Gasteiger partial charge in [0, 0.05) is 5.69 Å². The Bertz CT molecular complexity index is 708. The zero-order valence-corrected chi connectivity index (χ0v) is 11.4. The maximum atomic E-state index is 12.3. The van der Waals surface area contributed by atoms with Crippen molar-refractivity contribution >= 4 is 22.4 Å². The lowest BCUT2D eigenvalue weighted by atomic mass is 9.63. The van der Waals surface area contributed by atoms with Gasteiger partial charge in [-0.05, 0) is 41.7 Å². The second kappa shape index (κ2) is 4.64. The maximum Gasteiger partial charge on any atom is 0.244 e. The monoisotopic (exact) mass is 264 g/mol. The van der Waals surface area contributed by atoms with Crippen molar-refractivity contribution in [2.75, 3.05) is 5.32 Å². The molecule has 0 atom stereocenters. The number of anilines is 1. The summed E-state index contributed by atoms with van der Waals surface area (Å²) in [6.07, 6.45) is 1.31. The van der Waals surface area contributed by atoms with Gasteiger partial charge in [-0.1, -0.05) is 37.3 Å². The number of carbonyl (C=O) groups excluding carboxylic acids is 1. The van der Waals surface area contributed by atoms with Crippen LogP contribution in [0.4, 0.5) is 5.69 Å². The Morgan fingerprint density at radius 3 is 2.60 bits per heavy atom. The molecule has 100 valence electrons. The van der Waals surface area contributed by atoms with Crippen LogP contribution in [0, 0.1) is 22.7 Å². The third-order valence-electron chi connectivity index (χ3n) is 4.05. The molecular weight excluding hydrogens is 248 g/mol. The first-order valence-electron chi connectivity index (χ1n) is 6.84. The highest BCUT2D eigenvalue weighted by molar-refractivity contribution is 5.99. The average molecular weight is 264 g/mol. The molecule has 3 heteroatoms. The molecule has 3 rings (SSSR count). The van der Waals surface area contributed by atoms with E-state index in [1.54, 1.807) is 0 Å². The number of hydrogen-bond donors (Lipinski definition) is 1. The number of hydrogen-bond acceptors (Lipinski definition) is 2. The molecule has 1 fully saturated rings. The fraction of sp³-hybridized carbons (Fsp3) is 0.294. The lowest BCUT2D eigenvalue weighted by Gasteiger charge is -2.39. The highest BCUT2D eigenvalue weighted by Crippen LogP contribution is 2.45. The number of amides is 1. The molecule has 0 saturated heterocycles. The number of nitriles is 1. The van der Waals surface area contributed by atoms with E-state index in [0.717, 1.165) is 16.5 Å². The summed E-state index contributed by atoms with van der Waals surface area (Å²) in [5.41, 5.74) is -0.0756. The second-order valence-corrected chi connectivity index (χ2v) is 5.72. The number of carbonyl (C=O) groups is 1. The van der Waals surface area contributed by atoms with Crippen molar-refractivity contribution in [2.45, 2.75) is 19.8 Å². The predicted octanol–water partition coefficient (Wildman–Crippen LogP) is 3.72. The molecule has 2 aromatic rings. The SMILES string of the molecule is CC1CC(C#N)(C(=O)Nc2ccc3ccccc3c2)C1. The minimum absolute atomic E-state index is 0.173. The Labute approximate surface area is 118 Å². The molecule has 1 saturated carbocycles. The van der Waals surface area contributed by atoms with Crippen LogP contribution >= 0.6 is 0 Å². The highest BCUT2D eigenvalue weighted by Gasteiger charge is 2.48. The first-order chi connectivity index (χ1) is 9.63. The summed E-state index contributed by atoms with van der Waals surface area (Å²) in [5.74, 6) is 0.283. The Hall–Kier alpha value is -2.34.